The van der Waals surface area contributed by atoms with Crippen LogP contribution < -0.4 is 4.74 Å². The number of thiazole rings is 1. The highest BCUT2D eigenvalue weighted by Crippen LogP contribution is 2.17. The molecule has 0 radical (unpaired) electrons. The fourth-order valence-electron chi connectivity index (χ4n) is 1.34. The molecule has 1 aromatic carbocycles. The normalized spacial score (nSPS) is 10.1. The van der Waals surface area contributed by atoms with Crippen molar-refractivity contribution in [1.82, 2.24) is 4.98 Å². The minimum Gasteiger partial charge on any atom is -0.494 e. The Hall–Kier alpha value is -1.68. The van der Waals surface area contributed by atoms with E-state index in [2.05, 4.69) is 4.98 Å². The first-order valence-corrected chi connectivity index (χ1v) is 5.85. The maximum absolute atomic E-state index is 11.9. The van der Waals surface area contributed by atoms with Gasteiger partial charge in [0.2, 0.25) is 5.78 Å². The molecule has 82 valence electrons. The molecule has 2 aromatic rings. The minimum absolute atomic E-state index is 0.00514. The number of rotatable bonds is 4. The summed E-state index contributed by atoms with van der Waals surface area (Å²) >= 11 is 1.35. The first-order valence-electron chi connectivity index (χ1n) is 4.97. The average Bonchev–Trinajstić information content (AvgIpc) is 2.83. The second kappa shape index (κ2) is 4.90. The Morgan fingerprint density at radius 2 is 2.12 bits per heavy atom. The van der Waals surface area contributed by atoms with Crippen molar-refractivity contribution in [3.05, 3.63) is 46.4 Å². The Kier molecular flexibility index (Phi) is 3.31. The van der Waals surface area contributed by atoms with Crippen molar-refractivity contribution < 1.29 is 9.53 Å². The molecule has 0 bridgehead atoms. The van der Waals surface area contributed by atoms with Gasteiger partial charge in [0.15, 0.2) is 0 Å². The van der Waals surface area contributed by atoms with E-state index in [0.717, 1.165) is 5.75 Å². The summed E-state index contributed by atoms with van der Waals surface area (Å²) < 4.78 is 5.31. The standard InChI is InChI=1S/C12H11NO2S/c1-2-15-10-5-3-9(4-6-10)12(14)11-7-13-8-16-11/h3-8H,2H2,1H3. The molecule has 0 aliphatic rings. The van der Waals surface area contributed by atoms with Crippen LogP contribution in [-0.2, 0) is 0 Å². The third kappa shape index (κ3) is 2.28. The van der Waals surface area contributed by atoms with Crippen molar-refractivity contribution in [2.45, 2.75) is 6.92 Å². The van der Waals surface area contributed by atoms with Crippen LogP contribution in [0.2, 0.25) is 0 Å². The molecular weight excluding hydrogens is 222 g/mol. The van der Waals surface area contributed by atoms with E-state index in [-0.39, 0.29) is 5.78 Å². The SMILES string of the molecule is CCOc1ccc(C(=O)c2cncs2)cc1. The Morgan fingerprint density at radius 3 is 2.69 bits per heavy atom. The first kappa shape index (κ1) is 10.8. The number of nitrogens with zero attached hydrogens (tertiary/aromatic N) is 1. The summed E-state index contributed by atoms with van der Waals surface area (Å²) in [7, 11) is 0. The molecule has 0 aliphatic heterocycles. The molecule has 0 N–H and O–H groups in total. The monoisotopic (exact) mass is 233 g/mol. The van der Waals surface area contributed by atoms with Crippen LogP contribution in [0.3, 0.4) is 0 Å². The lowest BCUT2D eigenvalue weighted by Crippen LogP contribution is -1.99. The summed E-state index contributed by atoms with van der Waals surface area (Å²) in [5.41, 5.74) is 2.31. The van der Waals surface area contributed by atoms with Crippen molar-refractivity contribution >= 4 is 17.1 Å². The van der Waals surface area contributed by atoms with Gasteiger partial charge in [-0.25, -0.2) is 0 Å². The molecule has 0 amide bonds. The fraction of sp³-hybridized carbons (Fsp3) is 0.167. The maximum Gasteiger partial charge on any atom is 0.204 e. The zero-order valence-electron chi connectivity index (χ0n) is 8.84. The number of carbonyl (C=O) groups is 1. The number of ketones is 1. The number of carbonyl (C=O) groups excluding carboxylic acids is 1. The topological polar surface area (TPSA) is 39.2 Å². The third-order valence-corrected chi connectivity index (χ3v) is 2.86. The summed E-state index contributed by atoms with van der Waals surface area (Å²) in [6.45, 7) is 2.55. The van der Waals surface area contributed by atoms with Gasteiger partial charge in [-0.1, -0.05) is 0 Å². The van der Waals surface area contributed by atoms with E-state index in [0.29, 0.717) is 17.0 Å². The van der Waals surface area contributed by atoms with Crippen molar-refractivity contribution in [1.29, 1.82) is 0 Å². The number of benzene rings is 1. The molecule has 3 nitrogen and oxygen atoms in total. The lowest BCUT2D eigenvalue weighted by Gasteiger charge is -2.03. The maximum atomic E-state index is 11.9. The molecular formula is C12H11NO2S. The van der Waals surface area contributed by atoms with Crippen LogP contribution in [-0.4, -0.2) is 17.4 Å². The van der Waals surface area contributed by atoms with Crippen LogP contribution >= 0.6 is 11.3 Å². The van der Waals surface area contributed by atoms with Gasteiger partial charge in [-0.3, -0.25) is 9.78 Å². The van der Waals surface area contributed by atoms with Gasteiger partial charge in [0, 0.05) is 11.8 Å². The molecule has 0 saturated carbocycles. The Bertz CT molecular complexity index is 462. The van der Waals surface area contributed by atoms with Gasteiger partial charge in [-0.05, 0) is 31.2 Å². The van der Waals surface area contributed by atoms with E-state index in [1.807, 2.05) is 6.92 Å². The minimum atomic E-state index is 0.00514. The van der Waals surface area contributed by atoms with E-state index in [9.17, 15) is 4.79 Å². The van der Waals surface area contributed by atoms with Crippen molar-refractivity contribution in [2.75, 3.05) is 6.61 Å². The van der Waals surface area contributed by atoms with E-state index in [1.54, 1.807) is 36.0 Å². The highest BCUT2D eigenvalue weighted by molar-refractivity contribution is 7.11. The molecule has 0 spiro atoms. The average molecular weight is 233 g/mol. The van der Waals surface area contributed by atoms with Gasteiger partial charge < -0.3 is 4.74 Å². The van der Waals surface area contributed by atoms with Crippen molar-refractivity contribution in [3.63, 3.8) is 0 Å². The molecule has 0 aliphatic carbocycles. The highest BCUT2D eigenvalue weighted by atomic mass is 32.1. The number of aromatic nitrogens is 1. The summed E-state index contributed by atoms with van der Waals surface area (Å²) in [4.78, 5) is 16.5. The largest absolute Gasteiger partial charge is 0.494 e. The molecule has 16 heavy (non-hydrogen) atoms. The second-order valence-electron chi connectivity index (χ2n) is 3.15. The van der Waals surface area contributed by atoms with Gasteiger partial charge >= 0.3 is 0 Å². The predicted octanol–water partition coefficient (Wildman–Crippen LogP) is 2.77. The summed E-state index contributed by atoms with van der Waals surface area (Å²) in [5.74, 6) is 0.786. The zero-order valence-corrected chi connectivity index (χ0v) is 9.66. The van der Waals surface area contributed by atoms with E-state index in [1.165, 1.54) is 11.3 Å². The number of hydrogen-bond acceptors (Lipinski definition) is 4. The van der Waals surface area contributed by atoms with E-state index < -0.39 is 0 Å². The van der Waals surface area contributed by atoms with Gasteiger partial charge in [0.05, 0.1) is 17.0 Å². The molecule has 2 rings (SSSR count). The van der Waals surface area contributed by atoms with Crippen LogP contribution in [0.4, 0.5) is 0 Å². The van der Waals surface area contributed by atoms with Gasteiger partial charge in [-0.15, -0.1) is 11.3 Å². The Balaban J connectivity index is 2.19. The molecule has 1 aromatic heterocycles. The first-order chi connectivity index (χ1) is 7.81. The summed E-state index contributed by atoms with van der Waals surface area (Å²) in [5, 5.41) is 0. The molecule has 1 heterocycles. The van der Waals surface area contributed by atoms with Crippen LogP contribution in [0, 0.1) is 0 Å². The molecule has 0 saturated heterocycles. The quantitative estimate of drug-likeness (QED) is 0.762. The smallest absolute Gasteiger partial charge is 0.204 e. The predicted molar refractivity (Wildman–Crippen MR) is 63.2 cm³/mol. The van der Waals surface area contributed by atoms with E-state index >= 15 is 0 Å². The fourth-order valence-corrected chi connectivity index (χ4v) is 1.92. The third-order valence-electron chi connectivity index (χ3n) is 2.08. The van der Waals surface area contributed by atoms with Crippen LogP contribution in [0.1, 0.15) is 22.2 Å². The lowest BCUT2D eigenvalue weighted by molar-refractivity contribution is 0.104. The Labute approximate surface area is 97.7 Å². The van der Waals surface area contributed by atoms with Gasteiger partial charge in [0.25, 0.3) is 0 Å². The summed E-state index contributed by atoms with van der Waals surface area (Å²) in [6.07, 6.45) is 1.59. The molecule has 4 heteroatoms. The highest BCUT2D eigenvalue weighted by Gasteiger charge is 2.10. The Morgan fingerprint density at radius 1 is 1.38 bits per heavy atom. The molecule has 0 atom stereocenters. The second-order valence-corrected chi connectivity index (χ2v) is 4.04. The number of ether oxygens (including phenoxy) is 1. The molecule has 0 fully saturated rings. The van der Waals surface area contributed by atoms with Crippen LogP contribution in [0.5, 0.6) is 5.75 Å². The molecule has 0 unspecified atom stereocenters. The van der Waals surface area contributed by atoms with E-state index in [4.69, 9.17) is 4.74 Å². The van der Waals surface area contributed by atoms with Gasteiger partial charge in [-0.2, -0.15) is 0 Å². The van der Waals surface area contributed by atoms with Crippen LogP contribution in [0.15, 0.2) is 36.0 Å². The van der Waals surface area contributed by atoms with Crippen LogP contribution in [0.25, 0.3) is 0 Å². The van der Waals surface area contributed by atoms with Crippen molar-refractivity contribution in [3.8, 4) is 5.75 Å². The zero-order chi connectivity index (χ0) is 11.4. The van der Waals surface area contributed by atoms with Crippen molar-refractivity contribution in [2.24, 2.45) is 0 Å². The number of hydrogen-bond donors (Lipinski definition) is 0. The summed E-state index contributed by atoms with van der Waals surface area (Å²) in [6, 6.07) is 7.15. The van der Waals surface area contributed by atoms with Gasteiger partial charge in [0.1, 0.15) is 5.75 Å². The lowest BCUT2D eigenvalue weighted by atomic mass is 10.1.